The molecular formula is C24H26FN3O2. The van der Waals surface area contributed by atoms with E-state index < -0.39 is 0 Å². The molecule has 4 rings (SSSR count). The molecule has 0 saturated heterocycles. The molecule has 1 aromatic heterocycles. The van der Waals surface area contributed by atoms with Crippen molar-refractivity contribution in [3.05, 3.63) is 71.3 Å². The maximum atomic E-state index is 13.6. The van der Waals surface area contributed by atoms with Crippen LogP contribution in [0, 0.1) is 19.7 Å². The van der Waals surface area contributed by atoms with Crippen molar-refractivity contribution in [2.75, 3.05) is 6.61 Å². The molecule has 2 heterocycles. The van der Waals surface area contributed by atoms with Crippen molar-refractivity contribution in [1.82, 2.24) is 14.7 Å². The molecule has 30 heavy (non-hydrogen) atoms. The predicted molar refractivity (Wildman–Crippen MR) is 114 cm³/mol. The summed E-state index contributed by atoms with van der Waals surface area (Å²) in [5.41, 5.74) is 4.65. The Balaban J connectivity index is 1.54. The van der Waals surface area contributed by atoms with Crippen molar-refractivity contribution in [2.24, 2.45) is 0 Å². The number of fused-ring (bicyclic) bond motifs is 1. The Morgan fingerprint density at radius 1 is 1.17 bits per heavy atom. The molecule has 0 saturated carbocycles. The maximum Gasteiger partial charge on any atom is 0.225 e. The van der Waals surface area contributed by atoms with Crippen LogP contribution < -0.4 is 4.74 Å². The van der Waals surface area contributed by atoms with E-state index in [0.29, 0.717) is 26.1 Å². The number of nitrogens with zero attached hydrogens (tertiary/aromatic N) is 3. The smallest absolute Gasteiger partial charge is 0.225 e. The van der Waals surface area contributed by atoms with Gasteiger partial charge in [-0.1, -0.05) is 18.2 Å². The molecule has 0 unspecified atom stereocenters. The molecule has 0 aliphatic carbocycles. The molecule has 2 aromatic carbocycles. The number of hydrogen-bond acceptors (Lipinski definition) is 3. The van der Waals surface area contributed by atoms with Gasteiger partial charge in [-0.25, -0.2) is 4.39 Å². The topological polar surface area (TPSA) is 47.4 Å². The number of amides is 1. The SMILES string of the molecule is Cc1cc(C)n(CCC(=O)N2Cc3cc(-c4cccc(F)c4)ccc3OC[C@@H]2C)n1. The van der Waals surface area contributed by atoms with Crippen LogP contribution in [-0.2, 0) is 17.9 Å². The van der Waals surface area contributed by atoms with Crippen LogP contribution in [0.3, 0.4) is 0 Å². The van der Waals surface area contributed by atoms with Gasteiger partial charge in [-0.15, -0.1) is 0 Å². The molecule has 0 N–H and O–H groups in total. The molecule has 1 atom stereocenters. The number of carbonyl (C=O) groups excluding carboxylic acids is 1. The van der Waals surface area contributed by atoms with E-state index in [1.54, 1.807) is 6.07 Å². The van der Waals surface area contributed by atoms with E-state index in [-0.39, 0.29) is 17.8 Å². The van der Waals surface area contributed by atoms with Gasteiger partial charge in [-0.3, -0.25) is 9.48 Å². The Hall–Kier alpha value is -3.15. The summed E-state index contributed by atoms with van der Waals surface area (Å²) in [5, 5.41) is 4.44. The van der Waals surface area contributed by atoms with Crippen molar-refractivity contribution in [3.63, 3.8) is 0 Å². The van der Waals surface area contributed by atoms with Crippen LogP contribution in [0.25, 0.3) is 11.1 Å². The van der Waals surface area contributed by atoms with E-state index in [1.807, 2.05) is 60.7 Å². The summed E-state index contributed by atoms with van der Waals surface area (Å²) in [6.45, 7) is 7.41. The number of halogens is 1. The van der Waals surface area contributed by atoms with Crippen molar-refractivity contribution >= 4 is 5.91 Å². The summed E-state index contributed by atoms with van der Waals surface area (Å²) in [4.78, 5) is 14.9. The lowest BCUT2D eigenvalue weighted by Crippen LogP contribution is -2.40. The van der Waals surface area contributed by atoms with Crippen LogP contribution in [0.1, 0.15) is 30.3 Å². The van der Waals surface area contributed by atoms with E-state index >= 15 is 0 Å². The molecule has 1 aliphatic heterocycles. The normalized spacial score (nSPS) is 16.0. The molecule has 0 bridgehead atoms. The fourth-order valence-electron chi connectivity index (χ4n) is 3.91. The maximum absolute atomic E-state index is 13.6. The van der Waals surface area contributed by atoms with E-state index in [1.165, 1.54) is 12.1 Å². The Morgan fingerprint density at radius 2 is 1.97 bits per heavy atom. The standard InChI is InChI=1S/C24H26FN3O2/c1-16-11-17(2)28(26-16)10-9-24(29)27-14-21-12-20(19-5-4-6-22(25)13-19)7-8-23(21)30-15-18(27)3/h4-8,11-13,18H,9-10,14-15H2,1-3H3/t18-/m0/s1. The number of carbonyl (C=O) groups is 1. The molecule has 1 amide bonds. The minimum atomic E-state index is -0.270. The first kappa shape index (κ1) is 20.1. The molecule has 6 heteroatoms. The molecule has 1 aliphatic rings. The third-order valence-corrected chi connectivity index (χ3v) is 5.53. The largest absolute Gasteiger partial charge is 0.491 e. The quantitative estimate of drug-likeness (QED) is 0.640. The van der Waals surface area contributed by atoms with Gasteiger partial charge < -0.3 is 9.64 Å². The third-order valence-electron chi connectivity index (χ3n) is 5.53. The average Bonchev–Trinajstić information content (AvgIpc) is 2.95. The molecule has 3 aromatic rings. The van der Waals surface area contributed by atoms with Gasteiger partial charge in [-0.05, 0) is 62.2 Å². The number of rotatable bonds is 4. The van der Waals surface area contributed by atoms with Gasteiger partial charge in [0, 0.05) is 30.8 Å². The number of aromatic nitrogens is 2. The van der Waals surface area contributed by atoms with Crippen LogP contribution in [0.15, 0.2) is 48.5 Å². The summed E-state index contributed by atoms with van der Waals surface area (Å²) in [6.07, 6.45) is 0.380. The monoisotopic (exact) mass is 407 g/mol. The zero-order chi connectivity index (χ0) is 21.3. The van der Waals surface area contributed by atoms with E-state index in [4.69, 9.17) is 4.74 Å². The fourth-order valence-corrected chi connectivity index (χ4v) is 3.91. The van der Waals surface area contributed by atoms with Gasteiger partial charge in [0.15, 0.2) is 0 Å². The van der Waals surface area contributed by atoms with Crippen LogP contribution in [0.4, 0.5) is 4.39 Å². The van der Waals surface area contributed by atoms with Crippen molar-refractivity contribution in [2.45, 2.75) is 46.3 Å². The summed E-state index contributed by atoms with van der Waals surface area (Å²) < 4.78 is 21.5. The first-order valence-electron chi connectivity index (χ1n) is 10.2. The second-order valence-electron chi connectivity index (χ2n) is 7.91. The first-order valence-corrected chi connectivity index (χ1v) is 10.2. The predicted octanol–water partition coefficient (Wildman–Crippen LogP) is 4.51. The highest BCUT2D eigenvalue weighted by molar-refractivity contribution is 5.77. The number of ether oxygens (including phenoxy) is 1. The molecule has 0 radical (unpaired) electrons. The summed E-state index contributed by atoms with van der Waals surface area (Å²) in [5.74, 6) is 0.576. The van der Waals surface area contributed by atoms with Crippen molar-refractivity contribution in [1.29, 1.82) is 0 Å². The van der Waals surface area contributed by atoms with Gasteiger partial charge in [0.05, 0.1) is 11.7 Å². The second kappa shape index (κ2) is 8.30. The third kappa shape index (κ3) is 4.22. The van der Waals surface area contributed by atoms with Gasteiger partial charge in [0.2, 0.25) is 5.91 Å². The minimum Gasteiger partial charge on any atom is -0.491 e. The Labute approximate surface area is 176 Å². The number of benzene rings is 2. The zero-order valence-electron chi connectivity index (χ0n) is 17.6. The van der Waals surface area contributed by atoms with E-state index in [9.17, 15) is 9.18 Å². The van der Waals surface area contributed by atoms with Crippen molar-refractivity contribution < 1.29 is 13.9 Å². The van der Waals surface area contributed by atoms with Crippen LogP contribution in [0.2, 0.25) is 0 Å². The van der Waals surface area contributed by atoms with Gasteiger partial charge in [0.25, 0.3) is 0 Å². The Bertz CT molecular complexity index is 1080. The molecule has 0 fully saturated rings. The highest BCUT2D eigenvalue weighted by atomic mass is 19.1. The van der Waals surface area contributed by atoms with E-state index in [2.05, 4.69) is 5.10 Å². The highest BCUT2D eigenvalue weighted by Gasteiger charge is 2.26. The number of aryl methyl sites for hydroxylation is 3. The summed E-state index contributed by atoms with van der Waals surface area (Å²) >= 11 is 0. The first-order chi connectivity index (χ1) is 14.4. The molecule has 5 nitrogen and oxygen atoms in total. The number of hydrogen-bond donors (Lipinski definition) is 0. The lowest BCUT2D eigenvalue weighted by Gasteiger charge is -2.26. The van der Waals surface area contributed by atoms with Gasteiger partial charge in [-0.2, -0.15) is 5.10 Å². The lowest BCUT2D eigenvalue weighted by molar-refractivity contribution is -0.134. The van der Waals surface area contributed by atoms with Gasteiger partial charge in [0.1, 0.15) is 18.2 Å². The summed E-state index contributed by atoms with van der Waals surface area (Å²) in [7, 11) is 0. The van der Waals surface area contributed by atoms with Crippen molar-refractivity contribution in [3.8, 4) is 16.9 Å². The zero-order valence-corrected chi connectivity index (χ0v) is 17.6. The Morgan fingerprint density at radius 3 is 2.70 bits per heavy atom. The molecule has 0 spiro atoms. The Kier molecular flexibility index (Phi) is 5.57. The average molecular weight is 407 g/mol. The molecular weight excluding hydrogens is 381 g/mol. The second-order valence-corrected chi connectivity index (χ2v) is 7.91. The highest BCUT2D eigenvalue weighted by Crippen LogP contribution is 2.31. The lowest BCUT2D eigenvalue weighted by atomic mass is 10.0. The minimum absolute atomic E-state index is 0.0389. The van der Waals surface area contributed by atoms with Gasteiger partial charge >= 0.3 is 0 Å². The van der Waals surface area contributed by atoms with Crippen LogP contribution in [0.5, 0.6) is 5.75 Å². The van der Waals surface area contributed by atoms with Crippen LogP contribution in [-0.4, -0.2) is 33.2 Å². The summed E-state index contributed by atoms with van der Waals surface area (Å²) in [6, 6.07) is 14.3. The molecule has 156 valence electrons. The van der Waals surface area contributed by atoms with Crippen LogP contribution >= 0.6 is 0 Å². The van der Waals surface area contributed by atoms with E-state index in [0.717, 1.165) is 33.8 Å². The fraction of sp³-hybridized carbons (Fsp3) is 0.333.